The lowest BCUT2D eigenvalue weighted by Crippen LogP contribution is -2.46. The van der Waals surface area contributed by atoms with Crippen molar-refractivity contribution in [1.29, 1.82) is 0 Å². The van der Waals surface area contributed by atoms with E-state index in [1.165, 1.54) is 0 Å². The highest BCUT2D eigenvalue weighted by Crippen LogP contribution is 2.41. The van der Waals surface area contributed by atoms with Crippen LogP contribution in [0.1, 0.15) is 21.5 Å². The summed E-state index contributed by atoms with van der Waals surface area (Å²) < 4.78 is 16.9. The van der Waals surface area contributed by atoms with Crippen LogP contribution in [-0.4, -0.2) is 56.2 Å². The van der Waals surface area contributed by atoms with Crippen molar-refractivity contribution in [3.63, 3.8) is 0 Å². The molecule has 0 atom stereocenters. The Balaban J connectivity index is 1.35. The molecule has 3 aromatic carbocycles. The third-order valence-corrected chi connectivity index (χ3v) is 6.80. The van der Waals surface area contributed by atoms with Gasteiger partial charge in [0.05, 0.1) is 25.3 Å². The second-order valence-corrected chi connectivity index (χ2v) is 9.14. The molecule has 1 N–H and O–H groups in total. The van der Waals surface area contributed by atoms with Gasteiger partial charge in [0.25, 0.3) is 0 Å². The number of ether oxygens (including phenoxy) is 3. The number of nitrogens with zero attached hydrogens (tertiary/aromatic N) is 2. The minimum Gasteiger partial charge on any atom is -0.507 e. The summed E-state index contributed by atoms with van der Waals surface area (Å²) in [5.74, 6) is 1.53. The number of carbonyl (C=O) groups is 1. The van der Waals surface area contributed by atoms with Crippen molar-refractivity contribution in [1.82, 2.24) is 4.90 Å². The fraction of sp³-hybridized carbons (Fsp3) is 0.250. The van der Waals surface area contributed by atoms with E-state index in [1.54, 1.807) is 38.5 Å². The molecular weight excluding hydrogens is 480 g/mol. The zero-order valence-corrected chi connectivity index (χ0v) is 20.9. The maximum absolute atomic E-state index is 13.2. The van der Waals surface area contributed by atoms with Crippen LogP contribution in [0.3, 0.4) is 0 Å². The number of rotatable bonds is 6. The number of phenols is 1. The van der Waals surface area contributed by atoms with Gasteiger partial charge in [-0.25, -0.2) is 0 Å². The van der Waals surface area contributed by atoms with Gasteiger partial charge < -0.3 is 24.2 Å². The van der Waals surface area contributed by atoms with Gasteiger partial charge in [0.15, 0.2) is 17.3 Å². The standard InChI is InChI=1S/C28H27ClN2O5/c1-34-24-8-3-5-18(27(24)35-2)15-25-26(33)21-9-10-23(32)22(28(21)36-25)17-30-11-13-31(14-12-30)20-7-4-6-19(29)16-20/h3-10,15-16,32H,11-14,17H2,1-2H3/b25-15-. The van der Waals surface area contributed by atoms with Crippen LogP contribution >= 0.6 is 11.6 Å². The SMILES string of the molecule is COc1cccc(/C=C2\Oc3c(ccc(O)c3CN3CCN(c4cccc(Cl)c4)CC3)C2=O)c1OC. The zero-order chi connectivity index (χ0) is 25.2. The number of aromatic hydroxyl groups is 1. The smallest absolute Gasteiger partial charge is 0.231 e. The number of benzene rings is 3. The summed E-state index contributed by atoms with van der Waals surface area (Å²) in [5.41, 5.74) is 2.81. The summed E-state index contributed by atoms with van der Waals surface area (Å²) in [6.45, 7) is 3.73. The number of Topliss-reactive ketones (excluding diaryl/α,β-unsaturated/α-hetero) is 1. The topological polar surface area (TPSA) is 71.5 Å². The molecule has 186 valence electrons. The number of halogens is 1. The van der Waals surface area contributed by atoms with Crippen molar-refractivity contribution in [2.75, 3.05) is 45.3 Å². The summed E-state index contributed by atoms with van der Waals surface area (Å²) in [6, 6.07) is 16.5. The van der Waals surface area contributed by atoms with Gasteiger partial charge in [-0.3, -0.25) is 9.69 Å². The Morgan fingerprint density at radius 3 is 2.53 bits per heavy atom. The minimum absolute atomic E-state index is 0.110. The van der Waals surface area contributed by atoms with Crippen molar-refractivity contribution >= 4 is 29.1 Å². The lowest BCUT2D eigenvalue weighted by Gasteiger charge is -2.36. The maximum Gasteiger partial charge on any atom is 0.231 e. The van der Waals surface area contributed by atoms with Crippen LogP contribution in [0.5, 0.6) is 23.0 Å². The fourth-order valence-electron chi connectivity index (χ4n) is 4.68. The highest BCUT2D eigenvalue weighted by Gasteiger charge is 2.32. The zero-order valence-electron chi connectivity index (χ0n) is 20.2. The fourth-order valence-corrected chi connectivity index (χ4v) is 4.86. The number of anilines is 1. The highest BCUT2D eigenvalue weighted by atomic mass is 35.5. The average Bonchev–Trinajstić information content (AvgIpc) is 3.21. The summed E-state index contributed by atoms with van der Waals surface area (Å²) in [6.07, 6.45) is 1.65. The van der Waals surface area contributed by atoms with Gasteiger partial charge in [-0.05, 0) is 42.5 Å². The molecule has 2 heterocycles. The van der Waals surface area contributed by atoms with Crippen molar-refractivity contribution in [2.24, 2.45) is 0 Å². The van der Waals surface area contributed by atoms with E-state index >= 15 is 0 Å². The van der Waals surface area contributed by atoms with Crippen LogP contribution in [0.4, 0.5) is 5.69 Å². The Kier molecular flexibility index (Phi) is 6.76. The Hall–Kier alpha value is -3.68. The van der Waals surface area contributed by atoms with E-state index in [0.717, 1.165) is 36.9 Å². The van der Waals surface area contributed by atoms with E-state index in [-0.39, 0.29) is 17.3 Å². The number of hydrogen-bond donors (Lipinski definition) is 1. The van der Waals surface area contributed by atoms with Gasteiger partial charge in [-0.2, -0.15) is 0 Å². The molecule has 1 saturated heterocycles. The molecule has 0 unspecified atom stereocenters. The van der Waals surface area contributed by atoms with Crippen molar-refractivity contribution in [3.8, 4) is 23.0 Å². The molecule has 7 nitrogen and oxygen atoms in total. The minimum atomic E-state index is -0.234. The van der Waals surface area contributed by atoms with Crippen LogP contribution in [0.25, 0.3) is 6.08 Å². The maximum atomic E-state index is 13.2. The van der Waals surface area contributed by atoms with Gasteiger partial charge >= 0.3 is 0 Å². The molecule has 0 amide bonds. The molecular formula is C28H27ClN2O5. The number of allylic oxidation sites excluding steroid dienone is 1. The molecule has 36 heavy (non-hydrogen) atoms. The average molecular weight is 507 g/mol. The molecule has 1 fully saturated rings. The summed E-state index contributed by atoms with van der Waals surface area (Å²) >= 11 is 6.15. The monoisotopic (exact) mass is 506 g/mol. The molecule has 3 aromatic rings. The molecule has 2 aliphatic rings. The van der Waals surface area contributed by atoms with Crippen LogP contribution in [0.15, 0.2) is 60.4 Å². The molecule has 0 bridgehead atoms. The Morgan fingerprint density at radius 2 is 1.81 bits per heavy atom. The third kappa shape index (κ3) is 4.59. The number of methoxy groups -OCH3 is 2. The second kappa shape index (κ2) is 10.1. The molecule has 0 aliphatic carbocycles. The van der Waals surface area contributed by atoms with Gasteiger partial charge in [-0.1, -0.05) is 29.8 Å². The second-order valence-electron chi connectivity index (χ2n) is 8.71. The van der Waals surface area contributed by atoms with E-state index in [4.69, 9.17) is 25.8 Å². The van der Waals surface area contributed by atoms with Crippen LogP contribution in [0.2, 0.25) is 5.02 Å². The quantitative estimate of drug-likeness (QED) is 0.472. The first-order valence-corrected chi connectivity index (χ1v) is 12.1. The largest absolute Gasteiger partial charge is 0.507 e. The number of phenolic OH excluding ortho intramolecular Hbond substituents is 1. The van der Waals surface area contributed by atoms with Gasteiger partial charge in [0, 0.05) is 49.0 Å². The van der Waals surface area contributed by atoms with Crippen LogP contribution < -0.4 is 19.1 Å². The highest BCUT2D eigenvalue weighted by molar-refractivity contribution is 6.30. The number of fused-ring (bicyclic) bond motifs is 1. The van der Waals surface area contributed by atoms with Crippen molar-refractivity contribution in [3.05, 3.63) is 82.1 Å². The van der Waals surface area contributed by atoms with Crippen molar-refractivity contribution < 1.29 is 24.1 Å². The number of ketones is 1. The predicted molar refractivity (Wildman–Crippen MR) is 140 cm³/mol. The van der Waals surface area contributed by atoms with E-state index < -0.39 is 0 Å². The number of piperazine rings is 1. The molecule has 0 radical (unpaired) electrons. The number of carbonyl (C=O) groups excluding carboxylic acids is 1. The van der Waals surface area contributed by atoms with E-state index in [1.807, 2.05) is 30.3 Å². The Labute approximate surface area is 215 Å². The Bertz CT molecular complexity index is 1330. The molecule has 0 spiro atoms. The third-order valence-electron chi connectivity index (χ3n) is 6.56. The van der Waals surface area contributed by atoms with Crippen LogP contribution in [-0.2, 0) is 6.54 Å². The van der Waals surface area contributed by atoms with Crippen molar-refractivity contribution in [2.45, 2.75) is 6.54 Å². The molecule has 5 rings (SSSR count). The molecule has 0 saturated carbocycles. The normalized spacial score (nSPS) is 16.7. The lowest BCUT2D eigenvalue weighted by atomic mass is 10.0. The first kappa shape index (κ1) is 24.0. The van der Waals surface area contributed by atoms with E-state index in [2.05, 4.69) is 15.9 Å². The molecule has 2 aliphatic heterocycles. The molecule has 8 heteroatoms. The van der Waals surface area contributed by atoms with Gasteiger partial charge in [-0.15, -0.1) is 0 Å². The molecule has 0 aromatic heterocycles. The van der Waals surface area contributed by atoms with E-state index in [0.29, 0.717) is 40.5 Å². The summed E-state index contributed by atoms with van der Waals surface area (Å²) in [5, 5.41) is 11.4. The summed E-state index contributed by atoms with van der Waals surface area (Å²) in [7, 11) is 3.11. The first-order valence-electron chi connectivity index (χ1n) is 11.7. The lowest BCUT2D eigenvalue weighted by molar-refractivity contribution is 0.101. The first-order chi connectivity index (χ1) is 17.5. The van der Waals surface area contributed by atoms with Crippen LogP contribution in [0, 0.1) is 0 Å². The summed E-state index contributed by atoms with van der Waals surface area (Å²) in [4.78, 5) is 17.7. The Morgan fingerprint density at radius 1 is 1.03 bits per heavy atom. The number of hydrogen-bond acceptors (Lipinski definition) is 7. The van der Waals surface area contributed by atoms with E-state index in [9.17, 15) is 9.90 Å². The predicted octanol–water partition coefficient (Wildman–Crippen LogP) is 5.00. The number of para-hydroxylation sites is 1. The van der Waals surface area contributed by atoms with Gasteiger partial charge in [0.2, 0.25) is 5.78 Å². The van der Waals surface area contributed by atoms with Gasteiger partial charge in [0.1, 0.15) is 11.5 Å².